The topological polar surface area (TPSA) is 51.1 Å². The smallest absolute Gasteiger partial charge is 0.421 e. The maximum Gasteiger partial charge on any atom is 0.421 e. The lowest BCUT2D eigenvalue weighted by molar-refractivity contribution is -0.139. The second-order valence-corrected chi connectivity index (χ2v) is 4.91. The van der Waals surface area contributed by atoms with Gasteiger partial charge in [0.1, 0.15) is 11.9 Å². The first-order valence-electron chi connectivity index (χ1n) is 6.63. The van der Waals surface area contributed by atoms with Gasteiger partial charge in [-0.2, -0.15) is 13.2 Å². The van der Waals surface area contributed by atoms with Crippen LogP contribution in [-0.2, 0) is 19.1 Å². The number of methoxy groups -OCH3 is 1. The highest BCUT2D eigenvalue weighted by atomic mass is 19.4. The summed E-state index contributed by atoms with van der Waals surface area (Å²) in [7, 11) is 1.17. The Morgan fingerprint density at radius 1 is 1.23 bits per heavy atom. The number of nitrogens with zero attached hydrogens (tertiary/aromatic N) is 4. The molecule has 0 bridgehead atoms. The SMILES string of the molecule is COc1ncc(N2CCc3ncncc3C2)cc1C(F)(F)F. The Labute approximate surface area is 124 Å². The normalized spacial score (nSPS) is 14.6. The number of pyridine rings is 1. The number of aromatic nitrogens is 3. The average Bonchev–Trinajstić information content (AvgIpc) is 2.53. The number of rotatable bonds is 2. The van der Waals surface area contributed by atoms with E-state index in [-0.39, 0.29) is 0 Å². The first-order chi connectivity index (χ1) is 10.5. The predicted octanol–water partition coefficient (Wildman–Crippen LogP) is 2.46. The van der Waals surface area contributed by atoms with E-state index >= 15 is 0 Å². The molecule has 0 radical (unpaired) electrons. The van der Waals surface area contributed by atoms with E-state index in [1.807, 2.05) is 4.90 Å². The maximum absolute atomic E-state index is 13.1. The third kappa shape index (κ3) is 2.68. The van der Waals surface area contributed by atoms with Crippen LogP contribution in [0.3, 0.4) is 0 Å². The van der Waals surface area contributed by atoms with E-state index < -0.39 is 17.6 Å². The molecule has 0 spiro atoms. The van der Waals surface area contributed by atoms with Crippen LogP contribution in [-0.4, -0.2) is 28.6 Å². The molecule has 3 heterocycles. The minimum absolute atomic E-state index is 0.405. The van der Waals surface area contributed by atoms with Gasteiger partial charge < -0.3 is 9.64 Å². The second kappa shape index (κ2) is 5.43. The fraction of sp³-hybridized carbons (Fsp3) is 0.357. The quantitative estimate of drug-likeness (QED) is 0.853. The summed E-state index contributed by atoms with van der Waals surface area (Å²) in [5.74, 6) is -0.419. The minimum atomic E-state index is -4.51. The van der Waals surface area contributed by atoms with Crippen LogP contribution in [0.2, 0.25) is 0 Å². The lowest BCUT2D eigenvalue weighted by Crippen LogP contribution is -2.31. The van der Waals surface area contributed by atoms with Gasteiger partial charge in [0.15, 0.2) is 0 Å². The minimum Gasteiger partial charge on any atom is -0.481 e. The van der Waals surface area contributed by atoms with Crippen molar-refractivity contribution < 1.29 is 17.9 Å². The van der Waals surface area contributed by atoms with E-state index in [4.69, 9.17) is 4.74 Å². The summed E-state index contributed by atoms with van der Waals surface area (Å²) in [4.78, 5) is 13.7. The lowest BCUT2D eigenvalue weighted by atomic mass is 10.1. The number of alkyl halides is 3. The molecule has 0 N–H and O–H groups in total. The fourth-order valence-electron chi connectivity index (χ4n) is 2.47. The summed E-state index contributed by atoms with van der Waals surface area (Å²) in [6.07, 6.45) is 0.709. The van der Waals surface area contributed by atoms with Crippen molar-refractivity contribution >= 4 is 5.69 Å². The third-order valence-electron chi connectivity index (χ3n) is 3.56. The van der Waals surface area contributed by atoms with Crippen LogP contribution in [0.25, 0.3) is 0 Å². The third-order valence-corrected chi connectivity index (χ3v) is 3.56. The predicted molar refractivity (Wildman–Crippen MR) is 72.6 cm³/mol. The van der Waals surface area contributed by atoms with Gasteiger partial charge >= 0.3 is 6.18 Å². The van der Waals surface area contributed by atoms with E-state index in [1.165, 1.54) is 19.6 Å². The summed E-state index contributed by atoms with van der Waals surface area (Å²) in [6.45, 7) is 1.04. The molecule has 0 saturated carbocycles. The fourth-order valence-corrected chi connectivity index (χ4v) is 2.47. The molecule has 116 valence electrons. The molecule has 0 saturated heterocycles. The van der Waals surface area contributed by atoms with Crippen LogP contribution in [0.4, 0.5) is 18.9 Å². The van der Waals surface area contributed by atoms with Crippen LogP contribution in [0.5, 0.6) is 5.88 Å². The van der Waals surface area contributed by atoms with Gasteiger partial charge in [-0.1, -0.05) is 0 Å². The highest BCUT2D eigenvalue weighted by Gasteiger charge is 2.36. The number of hydrogen-bond donors (Lipinski definition) is 0. The molecule has 1 aliphatic rings. The van der Waals surface area contributed by atoms with Crippen molar-refractivity contribution in [3.63, 3.8) is 0 Å². The van der Waals surface area contributed by atoms with Crippen molar-refractivity contribution in [2.24, 2.45) is 0 Å². The number of ether oxygens (including phenoxy) is 1. The van der Waals surface area contributed by atoms with Gasteiger partial charge in [0.2, 0.25) is 5.88 Å². The number of anilines is 1. The Balaban J connectivity index is 1.93. The van der Waals surface area contributed by atoms with Crippen molar-refractivity contribution in [3.8, 4) is 5.88 Å². The van der Waals surface area contributed by atoms with Crippen molar-refractivity contribution in [2.45, 2.75) is 19.1 Å². The zero-order valence-electron chi connectivity index (χ0n) is 11.8. The van der Waals surface area contributed by atoms with E-state index in [0.717, 1.165) is 17.3 Å². The van der Waals surface area contributed by atoms with Gasteiger partial charge in [-0.3, -0.25) is 0 Å². The number of fused-ring (bicyclic) bond motifs is 1. The summed E-state index contributed by atoms with van der Waals surface area (Å²) < 4.78 is 43.9. The Bertz CT molecular complexity index is 690. The Morgan fingerprint density at radius 2 is 2.05 bits per heavy atom. The first-order valence-corrected chi connectivity index (χ1v) is 6.63. The molecule has 2 aromatic rings. The molecule has 0 aliphatic carbocycles. The molecule has 1 aliphatic heterocycles. The van der Waals surface area contributed by atoms with E-state index in [1.54, 1.807) is 6.20 Å². The number of halogens is 3. The van der Waals surface area contributed by atoms with Crippen molar-refractivity contribution in [2.75, 3.05) is 18.6 Å². The van der Waals surface area contributed by atoms with Gasteiger partial charge in [0.05, 0.1) is 24.7 Å². The van der Waals surface area contributed by atoms with E-state index in [2.05, 4.69) is 15.0 Å². The molecule has 5 nitrogen and oxygen atoms in total. The molecule has 0 fully saturated rings. The summed E-state index contributed by atoms with van der Waals surface area (Å²) in [6, 6.07) is 1.07. The van der Waals surface area contributed by atoms with Gasteiger partial charge in [-0.05, 0) is 6.07 Å². The van der Waals surface area contributed by atoms with Gasteiger partial charge in [0.25, 0.3) is 0 Å². The van der Waals surface area contributed by atoms with Crippen LogP contribution in [0, 0.1) is 0 Å². The molecule has 3 rings (SSSR count). The molecule has 0 unspecified atom stereocenters. The molecule has 2 aromatic heterocycles. The molecular weight excluding hydrogens is 297 g/mol. The van der Waals surface area contributed by atoms with Crippen molar-refractivity contribution in [1.29, 1.82) is 0 Å². The summed E-state index contributed by atoms with van der Waals surface area (Å²) in [5, 5.41) is 0. The van der Waals surface area contributed by atoms with Crippen LogP contribution >= 0.6 is 0 Å². The van der Waals surface area contributed by atoms with Crippen LogP contribution in [0.1, 0.15) is 16.8 Å². The highest BCUT2D eigenvalue weighted by molar-refractivity contribution is 5.51. The largest absolute Gasteiger partial charge is 0.481 e. The molecule has 0 atom stereocenters. The zero-order chi connectivity index (χ0) is 15.7. The Morgan fingerprint density at radius 3 is 2.77 bits per heavy atom. The zero-order valence-corrected chi connectivity index (χ0v) is 11.8. The number of hydrogen-bond acceptors (Lipinski definition) is 5. The van der Waals surface area contributed by atoms with Gasteiger partial charge in [-0.15, -0.1) is 0 Å². The molecule has 0 amide bonds. The summed E-state index contributed by atoms with van der Waals surface area (Å²) in [5.41, 5.74) is 1.38. The van der Waals surface area contributed by atoms with Gasteiger partial charge in [0, 0.05) is 31.3 Å². The van der Waals surface area contributed by atoms with Crippen molar-refractivity contribution in [3.05, 3.63) is 41.6 Å². The van der Waals surface area contributed by atoms with E-state index in [9.17, 15) is 13.2 Å². The molecule has 0 aromatic carbocycles. The first kappa shape index (κ1) is 14.6. The second-order valence-electron chi connectivity index (χ2n) is 4.91. The standard InChI is InChI=1S/C14H13F3N4O/c1-22-13-11(14(15,16)17)4-10(6-19-13)21-3-2-12-9(7-21)5-18-8-20-12/h4-6,8H,2-3,7H2,1H3. The van der Waals surface area contributed by atoms with Crippen molar-refractivity contribution in [1.82, 2.24) is 15.0 Å². The lowest BCUT2D eigenvalue weighted by Gasteiger charge is -2.30. The Hall–Kier alpha value is -2.38. The maximum atomic E-state index is 13.1. The molecular formula is C14H13F3N4O. The monoisotopic (exact) mass is 310 g/mol. The van der Waals surface area contributed by atoms with Crippen LogP contribution < -0.4 is 9.64 Å². The average molecular weight is 310 g/mol. The molecule has 8 heteroatoms. The van der Waals surface area contributed by atoms with Gasteiger partial charge in [-0.25, -0.2) is 15.0 Å². The van der Waals surface area contributed by atoms with E-state index in [0.29, 0.717) is 25.2 Å². The molecule has 22 heavy (non-hydrogen) atoms. The van der Waals surface area contributed by atoms with Crippen LogP contribution in [0.15, 0.2) is 24.8 Å². The highest BCUT2D eigenvalue weighted by Crippen LogP contribution is 2.37. The summed E-state index contributed by atoms with van der Waals surface area (Å²) >= 11 is 0. The Kier molecular flexibility index (Phi) is 3.59.